The Bertz CT molecular complexity index is 466. The summed E-state index contributed by atoms with van der Waals surface area (Å²) in [7, 11) is 0. The Labute approximate surface area is 129 Å². The number of carbonyl (C=O) groups is 2. The maximum Gasteiger partial charge on any atom is 0.245 e. The first-order valence-electron chi connectivity index (χ1n) is 6.98. The van der Waals surface area contributed by atoms with Crippen molar-refractivity contribution in [3.63, 3.8) is 0 Å². The van der Waals surface area contributed by atoms with Crippen LogP contribution in [0.2, 0.25) is 0 Å². The van der Waals surface area contributed by atoms with E-state index in [0.29, 0.717) is 6.61 Å². The highest BCUT2D eigenvalue weighted by molar-refractivity contribution is 5.86. The predicted molar refractivity (Wildman–Crippen MR) is 79.8 cm³/mol. The highest BCUT2D eigenvalue weighted by Gasteiger charge is 2.20. The van der Waals surface area contributed by atoms with Crippen molar-refractivity contribution >= 4 is 11.8 Å². The van der Waals surface area contributed by atoms with Crippen LogP contribution in [0, 0.1) is 0 Å². The van der Waals surface area contributed by atoms with Crippen LogP contribution in [0.15, 0.2) is 30.3 Å². The minimum absolute atomic E-state index is 0.00945. The molecule has 0 radical (unpaired) electrons. The Morgan fingerprint density at radius 3 is 2.55 bits per heavy atom. The van der Waals surface area contributed by atoms with Gasteiger partial charge in [0, 0.05) is 13.5 Å². The van der Waals surface area contributed by atoms with Gasteiger partial charge in [-0.1, -0.05) is 30.3 Å². The molecule has 4 N–H and O–H groups in total. The Balaban J connectivity index is 2.45. The Morgan fingerprint density at radius 1 is 1.27 bits per heavy atom. The number of ether oxygens (including phenoxy) is 1. The zero-order chi connectivity index (χ0) is 16.4. The Hall–Kier alpha value is -1.96. The Morgan fingerprint density at radius 2 is 1.95 bits per heavy atom. The van der Waals surface area contributed by atoms with Crippen molar-refractivity contribution in [3.8, 4) is 0 Å². The lowest BCUT2D eigenvalue weighted by atomic mass is 10.2. The molecule has 0 aliphatic rings. The second kappa shape index (κ2) is 9.88. The molecule has 0 unspecified atom stereocenters. The van der Waals surface area contributed by atoms with Gasteiger partial charge in [-0.2, -0.15) is 0 Å². The molecule has 2 atom stereocenters. The van der Waals surface area contributed by atoms with E-state index in [1.807, 2.05) is 30.3 Å². The van der Waals surface area contributed by atoms with Crippen LogP contribution in [0.4, 0.5) is 0 Å². The molecule has 1 rings (SSSR count). The highest BCUT2D eigenvalue weighted by atomic mass is 16.5. The van der Waals surface area contributed by atoms with Crippen LogP contribution in [-0.4, -0.2) is 53.9 Å². The highest BCUT2D eigenvalue weighted by Crippen LogP contribution is 2.01. The minimum Gasteiger partial charge on any atom is -0.394 e. The number of aliphatic hydroxyl groups excluding tert-OH is 2. The number of carbonyl (C=O) groups excluding carboxylic acids is 2. The lowest BCUT2D eigenvalue weighted by molar-refractivity contribution is -0.130. The van der Waals surface area contributed by atoms with Crippen LogP contribution in [0.5, 0.6) is 0 Å². The normalized spacial score (nSPS) is 13.2. The smallest absolute Gasteiger partial charge is 0.245 e. The van der Waals surface area contributed by atoms with Gasteiger partial charge in [0.15, 0.2) is 0 Å². The topological polar surface area (TPSA) is 108 Å². The van der Waals surface area contributed by atoms with E-state index in [9.17, 15) is 14.7 Å². The molecule has 7 nitrogen and oxygen atoms in total. The fourth-order valence-corrected chi connectivity index (χ4v) is 1.70. The maximum atomic E-state index is 11.9. The van der Waals surface area contributed by atoms with Crippen molar-refractivity contribution in [1.82, 2.24) is 10.6 Å². The summed E-state index contributed by atoms with van der Waals surface area (Å²) in [5.74, 6) is -0.832. The summed E-state index contributed by atoms with van der Waals surface area (Å²) in [5.41, 5.74) is 0.959. The van der Waals surface area contributed by atoms with Crippen molar-refractivity contribution < 1.29 is 24.5 Å². The molecule has 0 bridgehead atoms. The molecule has 122 valence electrons. The molecular weight excluding hydrogens is 288 g/mol. The van der Waals surface area contributed by atoms with Crippen LogP contribution < -0.4 is 10.6 Å². The first-order valence-corrected chi connectivity index (χ1v) is 6.98. The van der Waals surface area contributed by atoms with Gasteiger partial charge in [-0.15, -0.1) is 0 Å². The predicted octanol–water partition coefficient (Wildman–Crippen LogP) is -0.823. The van der Waals surface area contributed by atoms with Crippen LogP contribution in [0.25, 0.3) is 0 Å². The molecule has 0 heterocycles. The van der Waals surface area contributed by atoms with Gasteiger partial charge >= 0.3 is 0 Å². The molecule has 22 heavy (non-hydrogen) atoms. The molecule has 0 aromatic heterocycles. The molecule has 1 aromatic rings. The first-order chi connectivity index (χ1) is 10.5. The number of benzene rings is 1. The third kappa shape index (κ3) is 7.16. The lowest BCUT2D eigenvalue weighted by Gasteiger charge is -2.18. The van der Waals surface area contributed by atoms with E-state index in [1.165, 1.54) is 6.92 Å². The summed E-state index contributed by atoms with van der Waals surface area (Å²) < 4.78 is 5.45. The second-order valence-electron chi connectivity index (χ2n) is 4.84. The zero-order valence-corrected chi connectivity index (χ0v) is 12.5. The van der Waals surface area contributed by atoms with E-state index in [2.05, 4.69) is 10.6 Å². The summed E-state index contributed by atoms with van der Waals surface area (Å²) in [6.45, 7) is 1.10. The van der Waals surface area contributed by atoms with Gasteiger partial charge in [0.25, 0.3) is 0 Å². The van der Waals surface area contributed by atoms with E-state index in [4.69, 9.17) is 9.84 Å². The quantitative estimate of drug-likeness (QED) is 0.476. The number of hydrogen-bond acceptors (Lipinski definition) is 5. The number of rotatable bonds is 9. The van der Waals surface area contributed by atoms with Crippen LogP contribution in [0.1, 0.15) is 12.5 Å². The van der Waals surface area contributed by atoms with Gasteiger partial charge in [-0.3, -0.25) is 9.59 Å². The molecule has 0 fully saturated rings. The van der Waals surface area contributed by atoms with Crippen molar-refractivity contribution in [2.24, 2.45) is 0 Å². The molecule has 0 aliphatic carbocycles. The minimum atomic E-state index is -1.04. The molecule has 7 heteroatoms. The third-order valence-electron chi connectivity index (χ3n) is 2.81. The second-order valence-corrected chi connectivity index (χ2v) is 4.84. The fourth-order valence-electron chi connectivity index (χ4n) is 1.70. The van der Waals surface area contributed by atoms with Gasteiger partial charge in [-0.25, -0.2) is 0 Å². The van der Waals surface area contributed by atoms with Gasteiger partial charge in [-0.05, 0) is 5.56 Å². The van der Waals surface area contributed by atoms with E-state index in [-0.39, 0.29) is 19.1 Å². The summed E-state index contributed by atoms with van der Waals surface area (Å²) in [4.78, 5) is 23.1. The monoisotopic (exact) mass is 310 g/mol. The van der Waals surface area contributed by atoms with Gasteiger partial charge in [0.05, 0.1) is 25.9 Å². The Kier molecular flexibility index (Phi) is 8.13. The lowest BCUT2D eigenvalue weighted by Crippen LogP contribution is -2.50. The standard InChI is InChI=1S/C15H22N2O5/c1-11(19)17-14(15(21)16-7-13(20)8-18)10-22-9-12-5-3-2-4-6-12/h2-6,13-14,18,20H,7-10H2,1H3,(H,16,21)(H,17,19)/t13-,14+/m0/s1. The molecule has 0 spiro atoms. The van der Waals surface area contributed by atoms with Gasteiger partial charge in [0.2, 0.25) is 11.8 Å². The van der Waals surface area contributed by atoms with Gasteiger partial charge in [0.1, 0.15) is 6.04 Å². The molecule has 0 saturated heterocycles. The van der Waals surface area contributed by atoms with E-state index < -0.39 is 24.7 Å². The summed E-state index contributed by atoms with van der Waals surface area (Å²) in [6.07, 6.45) is -1.04. The number of nitrogens with one attached hydrogen (secondary N) is 2. The van der Waals surface area contributed by atoms with Crippen molar-refractivity contribution in [3.05, 3.63) is 35.9 Å². The first kappa shape index (κ1) is 18.1. The molecule has 0 aliphatic heterocycles. The van der Waals surface area contributed by atoms with Crippen molar-refractivity contribution in [2.75, 3.05) is 19.8 Å². The van der Waals surface area contributed by atoms with Crippen LogP contribution >= 0.6 is 0 Å². The van der Waals surface area contributed by atoms with Gasteiger partial charge < -0.3 is 25.6 Å². The van der Waals surface area contributed by atoms with E-state index in [1.54, 1.807) is 0 Å². The summed E-state index contributed by atoms with van der Waals surface area (Å²) >= 11 is 0. The van der Waals surface area contributed by atoms with Crippen LogP contribution in [0.3, 0.4) is 0 Å². The third-order valence-corrected chi connectivity index (χ3v) is 2.81. The molecular formula is C15H22N2O5. The van der Waals surface area contributed by atoms with Crippen LogP contribution in [-0.2, 0) is 20.9 Å². The number of hydrogen-bond donors (Lipinski definition) is 4. The van der Waals surface area contributed by atoms with Crippen molar-refractivity contribution in [2.45, 2.75) is 25.7 Å². The average Bonchev–Trinajstić information content (AvgIpc) is 2.51. The average molecular weight is 310 g/mol. The maximum absolute atomic E-state index is 11.9. The summed E-state index contributed by atoms with van der Waals surface area (Å²) in [5, 5.41) is 22.8. The number of aliphatic hydroxyl groups is 2. The molecule has 0 saturated carbocycles. The zero-order valence-electron chi connectivity index (χ0n) is 12.5. The molecule has 2 amide bonds. The number of amides is 2. The fraction of sp³-hybridized carbons (Fsp3) is 0.467. The van der Waals surface area contributed by atoms with Crippen molar-refractivity contribution in [1.29, 1.82) is 0 Å². The molecule has 1 aromatic carbocycles. The van der Waals surface area contributed by atoms with E-state index >= 15 is 0 Å². The largest absolute Gasteiger partial charge is 0.394 e. The summed E-state index contributed by atoms with van der Waals surface area (Å²) in [6, 6.07) is 8.59. The van der Waals surface area contributed by atoms with E-state index in [0.717, 1.165) is 5.56 Å². The SMILES string of the molecule is CC(=O)N[C@H](COCc1ccccc1)C(=O)NC[C@H](O)CO.